The number of aromatic nitrogens is 3. The van der Waals surface area contributed by atoms with Gasteiger partial charge < -0.3 is 10.2 Å². The largest absolute Gasteiger partial charge is 0.345 e. The minimum absolute atomic E-state index is 0.0889. The summed E-state index contributed by atoms with van der Waals surface area (Å²) < 4.78 is 1.78. The molecule has 3 rings (SSSR count). The van der Waals surface area contributed by atoms with Crippen molar-refractivity contribution in [3.63, 3.8) is 0 Å². The lowest BCUT2D eigenvalue weighted by Gasteiger charge is -2.11. The lowest BCUT2D eigenvalue weighted by atomic mass is 10.2. The minimum atomic E-state index is -0.182. The first-order valence-electron chi connectivity index (χ1n) is 8.76. The summed E-state index contributed by atoms with van der Waals surface area (Å²) in [7, 11) is 3.39. The Labute approximate surface area is 178 Å². The van der Waals surface area contributed by atoms with Gasteiger partial charge in [-0.15, -0.1) is 10.2 Å². The molecule has 0 atom stereocenters. The van der Waals surface area contributed by atoms with Crippen LogP contribution < -0.4 is 5.32 Å². The molecular formula is C20H20ClN5O2S. The molecular weight excluding hydrogens is 410 g/mol. The fourth-order valence-electron chi connectivity index (χ4n) is 2.51. The van der Waals surface area contributed by atoms with Crippen LogP contribution >= 0.6 is 23.4 Å². The number of nitrogens with zero attached hydrogens (tertiary/aromatic N) is 4. The number of carbonyl (C=O) groups excluding carboxylic acids is 2. The molecule has 3 aromatic rings. The fourth-order valence-corrected chi connectivity index (χ4v) is 3.42. The summed E-state index contributed by atoms with van der Waals surface area (Å²) in [6, 6.07) is 12.5. The zero-order valence-corrected chi connectivity index (χ0v) is 17.8. The molecule has 150 valence electrons. The highest BCUT2D eigenvalue weighted by atomic mass is 35.5. The Kier molecular flexibility index (Phi) is 6.56. The molecule has 0 aliphatic carbocycles. The van der Waals surface area contributed by atoms with E-state index in [1.54, 1.807) is 49.3 Å². The molecule has 0 saturated heterocycles. The van der Waals surface area contributed by atoms with Gasteiger partial charge in [0.15, 0.2) is 5.16 Å². The van der Waals surface area contributed by atoms with Gasteiger partial charge in [0.25, 0.3) is 5.91 Å². The Morgan fingerprint density at radius 1 is 1.17 bits per heavy atom. The Balaban J connectivity index is 1.61. The highest BCUT2D eigenvalue weighted by molar-refractivity contribution is 7.99. The van der Waals surface area contributed by atoms with Crippen LogP contribution in [0.3, 0.4) is 0 Å². The zero-order valence-electron chi connectivity index (χ0n) is 16.2. The summed E-state index contributed by atoms with van der Waals surface area (Å²) in [5.74, 6) is -0.108. The maximum absolute atomic E-state index is 12.3. The second-order valence-electron chi connectivity index (χ2n) is 6.53. The van der Waals surface area contributed by atoms with Crippen molar-refractivity contribution >= 4 is 40.9 Å². The van der Waals surface area contributed by atoms with Crippen molar-refractivity contribution in [3.05, 3.63) is 64.9 Å². The Morgan fingerprint density at radius 2 is 1.90 bits per heavy atom. The minimum Gasteiger partial charge on any atom is -0.345 e. The number of anilines is 1. The van der Waals surface area contributed by atoms with Crippen LogP contribution in [-0.4, -0.2) is 51.3 Å². The average molecular weight is 430 g/mol. The molecule has 0 saturated carbocycles. The topological polar surface area (TPSA) is 80.1 Å². The monoisotopic (exact) mass is 429 g/mol. The molecule has 0 fully saturated rings. The van der Waals surface area contributed by atoms with Crippen LogP contribution in [0, 0.1) is 6.92 Å². The molecule has 0 radical (unpaired) electrons. The number of rotatable bonds is 6. The first-order valence-corrected chi connectivity index (χ1v) is 10.1. The van der Waals surface area contributed by atoms with E-state index >= 15 is 0 Å². The van der Waals surface area contributed by atoms with Crippen LogP contribution in [0.1, 0.15) is 15.9 Å². The summed E-state index contributed by atoms with van der Waals surface area (Å²) >= 11 is 7.47. The molecule has 0 unspecified atom stereocenters. The Morgan fingerprint density at radius 3 is 2.55 bits per heavy atom. The van der Waals surface area contributed by atoms with E-state index in [9.17, 15) is 9.59 Å². The van der Waals surface area contributed by atoms with Gasteiger partial charge in [-0.2, -0.15) is 0 Å². The van der Waals surface area contributed by atoms with Crippen LogP contribution in [0.2, 0.25) is 5.02 Å². The van der Waals surface area contributed by atoms with Gasteiger partial charge in [-0.05, 0) is 48.9 Å². The summed E-state index contributed by atoms with van der Waals surface area (Å²) in [5.41, 5.74) is 3.00. The van der Waals surface area contributed by atoms with Gasteiger partial charge in [0, 0.05) is 30.4 Å². The third-order valence-corrected chi connectivity index (χ3v) is 5.45. The number of hydrogen-bond donors (Lipinski definition) is 1. The van der Waals surface area contributed by atoms with Gasteiger partial charge in [0.1, 0.15) is 6.33 Å². The summed E-state index contributed by atoms with van der Waals surface area (Å²) in [4.78, 5) is 25.7. The normalized spacial score (nSPS) is 10.6. The zero-order chi connectivity index (χ0) is 21.0. The van der Waals surface area contributed by atoms with E-state index in [0.29, 0.717) is 21.4 Å². The highest BCUT2D eigenvalue weighted by Crippen LogP contribution is 2.24. The quantitative estimate of drug-likeness (QED) is 0.605. The number of thioether (sulfide) groups is 1. The van der Waals surface area contributed by atoms with Crippen molar-refractivity contribution in [2.24, 2.45) is 0 Å². The summed E-state index contributed by atoms with van der Waals surface area (Å²) in [6.45, 7) is 1.93. The molecule has 0 aliphatic rings. The molecule has 2 aromatic carbocycles. The lowest BCUT2D eigenvalue weighted by Crippen LogP contribution is -2.21. The first-order chi connectivity index (χ1) is 13.8. The van der Waals surface area contributed by atoms with Gasteiger partial charge in [0.05, 0.1) is 11.4 Å². The third kappa shape index (κ3) is 5.16. The van der Waals surface area contributed by atoms with Crippen molar-refractivity contribution in [3.8, 4) is 5.69 Å². The number of benzene rings is 2. The molecule has 0 aliphatic heterocycles. The van der Waals surface area contributed by atoms with Crippen LogP contribution in [0.25, 0.3) is 5.69 Å². The van der Waals surface area contributed by atoms with Gasteiger partial charge in [0.2, 0.25) is 5.91 Å². The average Bonchev–Trinajstić information content (AvgIpc) is 3.17. The predicted octanol–water partition coefficient (Wildman–Crippen LogP) is 3.66. The van der Waals surface area contributed by atoms with Crippen LogP contribution in [0.5, 0.6) is 0 Å². The molecule has 1 heterocycles. The second-order valence-corrected chi connectivity index (χ2v) is 7.88. The Hall–Kier alpha value is -2.84. The smallest absolute Gasteiger partial charge is 0.253 e. The fraction of sp³-hybridized carbons (Fsp3) is 0.200. The van der Waals surface area contributed by atoms with Crippen molar-refractivity contribution in [2.45, 2.75) is 12.1 Å². The van der Waals surface area contributed by atoms with E-state index in [-0.39, 0.29) is 17.6 Å². The van der Waals surface area contributed by atoms with Crippen LogP contribution in [0.4, 0.5) is 5.69 Å². The Bertz CT molecular complexity index is 1030. The van der Waals surface area contributed by atoms with E-state index in [2.05, 4.69) is 15.5 Å². The molecule has 29 heavy (non-hydrogen) atoms. The molecule has 1 N–H and O–H groups in total. The number of amides is 2. The first kappa shape index (κ1) is 20.9. The van der Waals surface area contributed by atoms with E-state index < -0.39 is 0 Å². The van der Waals surface area contributed by atoms with Gasteiger partial charge in [-0.25, -0.2) is 0 Å². The molecule has 1 aromatic heterocycles. The van der Waals surface area contributed by atoms with E-state index in [0.717, 1.165) is 11.3 Å². The molecule has 0 spiro atoms. The predicted molar refractivity (Wildman–Crippen MR) is 115 cm³/mol. The highest BCUT2D eigenvalue weighted by Gasteiger charge is 2.12. The van der Waals surface area contributed by atoms with Crippen molar-refractivity contribution < 1.29 is 9.59 Å². The number of nitrogens with one attached hydrogen (secondary N) is 1. The van der Waals surface area contributed by atoms with Crippen molar-refractivity contribution in [1.29, 1.82) is 0 Å². The second kappa shape index (κ2) is 9.11. The van der Waals surface area contributed by atoms with E-state index in [4.69, 9.17) is 11.6 Å². The van der Waals surface area contributed by atoms with Crippen LogP contribution in [0.15, 0.2) is 53.9 Å². The number of aryl methyl sites for hydroxylation is 1. The number of hydrogen-bond acceptors (Lipinski definition) is 5. The molecule has 0 bridgehead atoms. The van der Waals surface area contributed by atoms with Crippen LogP contribution in [-0.2, 0) is 4.79 Å². The number of halogens is 1. The third-order valence-electron chi connectivity index (χ3n) is 4.10. The van der Waals surface area contributed by atoms with E-state index in [1.807, 2.05) is 25.1 Å². The lowest BCUT2D eigenvalue weighted by molar-refractivity contribution is -0.113. The van der Waals surface area contributed by atoms with Crippen molar-refractivity contribution in [2.75, 3.05) is 25.2 Å². The molecule has 7 nitrogen and oxygen atoms in total. The molecule has 9 heteroatoms. The van der Waals surface area contributed by atoms with E-state index in [1.165, 1.54) is 16.7 Å². The SMILES string of the molecule is Cc1ccc(-n2cnnc2SCC(=O)Nc2ccc(C(=O)N(C)C)cc2)cc1Cl. The maximum Gasteiger partial charge on any atom is 0.253 e. The van der Waals surface area contributed by atoms with Crippen molar-refractivity contribution in [1.82, 2.24) is 19.7 Å². The standard InChI is InChI=1S/C20H20ClN5O2S/c1-13-4-9-16(10-17(13)21)26-12-22-24-20(26)29-11-18(27)23-15-7-5-14(6-8-15)19(28)25(2)3/h4-10,12H,11H2,1-3H3,(H,23,27). The maximum atomic E-state index is 12.3. The summed E-state index contributed by atoms with van der Waals surface area (Å²) in [6.07, 6.45) is 1.59. The van der Waals surface area contributed by atoms with Gasteiger partial charge >= 0.3 is 0 Å². The molecule has 2 amide bonds. The van der Waals surface area contributed by atoms with Gasteiger partial charge in [-0.3, -0.25) is 14.2 Å². The number of carbonyl (C=O) groups is 2. The van der Waals surface area contributed by atoms with Gasteiger partial charge in [-0.1, -0.05) is 29.4 Å². The summed E-state index contributed by atoms with van der Waals surface area (Å²) in [5, 5.41) is 12.1.